The van der Waals surface area contributed by atoms with E-state index in [0.29, 0.717) is 35.3 Å². The number of carboxylic acids is 1. The molecule has 114 valence electrons. The van der Waals surface area contributed by atoms with Gasteiger partial charge in [0.1, 0.15) is 11.9 Å². The Kier molecular flexibility index (Phi) is 5.15. The summed E-state index contributed by atoms with van der Waals surface area (Å²) in [6, 6.07) is 3.55. The Morgan fingerprint density at radius 3 is 2.43 bits per heavy atom. The number of nitrogens with zero attached hydrogens (tertiary/aromatic N) is 2. The molecule has 0 aliphatic carbocycles. The summed E-state index contributed by atoms with van der Waals surface area (Å²) >= 11 is 1.95. The summed E-state index contributed by atoms with van der Waals surface area (Å²) in [5.74, 6) is -1.36. The molecule has 21 heavy (non-hydrogen) atoms. The van der Waals surface area contributed by atoms with Gasteiger partial charge in [0.25, 0.3) is 5.91 Å². The number of benzene rings is 1. The number of amides is 1. The van der Waals surface area contributed by atoms with Crippen molar-refractivity contribution in [2.24, 2.45) is 0 Å². The molecule has 0 aromatic heterocycles. The molecule has 1 aromatic rings. The molecule has 0 bridgehead atoms. The number of carbonyl (C=O) groups is 2. The van der Waals surface area contributed by atoms with E-state index in [4.69, 9.17) is 5.11 Å². The van der Waals surface area contributed by atoms with Crippen molar-refractivity contribution in [1.29, 1.82) is 0 Å². The zero-order valence-corrected chi connectivity index (χ0v) is 13.7. The smallest absolute Gasteiger partial charge is 0.320 e. The molecule has 5 nitrogen and oxygen atoms in total. The SMILES string of the molecule is CC(C(=O)O)N1CCN(C(=O)c2ccc(F)cc2I)CC1. The Balaban J connectivity index is 2.02. The molecule has 1 amide bonds. The summed E-state index contributed by atoms with van der Waals surface area (Å²) in [6.07, 6.45) is 0. The highest BCUT2D eigenvalue weighted by atomic mass is 127. The van der Waals surface area contributed by atoms with Gasteiger partial charge in [-0.2, -0.15) is 0 Å². The molecule has 0 spiro atoms. The van der Waals surface area contributed by atoms with E-state index in [2.05, 4.69) is 0 Å². The van der Waals surface area contributed by atoms with Crippen molar-refractivity contribution in [1.82, 2.24) is 9.80 Å². The van der Waals surface area contributed by atoms with Crippen LogP contribution in [0.4, 0.5) is 4.39 Å². The first-order valence-electron chi connectivity index (χ1n) is 6.61. The van der Waals surface area contributed by atoms with Crippen LogP contribution in [0.2, 0.25) is 0 Å². The van der Waals surface area contributed by atoms with Gasteiger partial charge in [0.2, 0.25) is 0 Å². The maximum absolute atomic E-state index is 13.1. The highest BCUT2D eigenvalue weighted by Gasteiger charge is 2.28. The van der Waals surface area contributed by atoms with E-state index in [1.807, 2.05) is 27.5 Å². The summed E-state index contributed by atoms with van der Waals surface area (Å²) < 4.78 is 13.7. The van der Waals surface area contributed by atoms with Crippen LogP contribution in [-0.2, 0) is 4.79 Å². The average Bonchev–Trinajstić information content (AvgIpc) is 2.46. The second-order valence-corrected chi connectivity index (χ2v) is 6.13. The van der Waals surface area contributed by atoms with E-state index in [1.165, 1.54) is 18.2 Å². The Morgan fingerprint density at radius 2 is 1.90 bits per heavy atom. The van der Waals surface area contributed by atoms with E-state index in [9.17, 15) is 14.0 Å². The molecule has 0 radical (unpaired) electrons. The number of halogens is 2. The monoisotopic (exact) mass is 406 g/mol. The Morgan fingerprint density at radius 1 is 1.29 bits per heavy atom. The van der Waals surface area contributed by atoms with E-state index < -0.39 is 12.0 Å². The average molecular weight is 406 g/mol. The third kappa shape index (κ3) is 3.70. The van der Waals surface area contributed by atoms with E-state index in [-0.39, 0.29) is 11.7 Å². The Hall–Kier alpha value is -1.22. The molecule has 1 aliphatic heterocycles. The lowest BCUT2D eigenvalue weighted by molar-refractivity contribution is -0.143. The Bertz CT molecular complexity index is 559. The van der Waals surface area contributed by atoms with Crippen LogP contribution in [0.25, 0.3) is 0 Å². The summed E-state index contributed by atoms with van der Waals surface area (Å²) in [4.78, 5) is 26.9. The molecule has 1 aromatic carbocycles. The predicted octanol–water partition coefficient (Wildman–Crippen LogP) is 1.66. The fourth-order valence-corrected chi connectivity index (χ4v) is 3.01. The third-order valence-electron chi connectivity index (χ3n) is 3.67. The van der Waals surface area contributed by atoms with Gasteiger partial charge in [0, 0.05) is 29.7 Å². The standard InChI is InChI=1S/C14H16FIN2O3/c1-9(14(20)21)17-4-6-18(7-5-17)13(19)11-3-2-10(15)8-12(11)16/h2-3,8-9H,4-7H2,1H3,(H,20,21). The van der Waals surface area contributed by atoms with Crippen LogP contribution in [0, 0.1) is 9.39 Å². The van der Waals surface area contributed by atoms with Gasteiger partial charge >= 0.3 is 5.97 Å². The number of carbonyl (C=O) groups excluding carboxylic acids is 1. The molecule has 1 heterocycles. The molecule has 1 fully saturated rings. The van der Waals surface area contributed by atoms with Gasteiger partial charge in [-0.1, -0.05) is 0 Å². The minimum Gasteiger partial charge on any atom is -0.480 e. The normalized spacial score (nSPS) is 17.6. The largest absolute Gasteiger partial charge is 0.480 e. The lowest BCUT2D eigenvalue weighted by Gasteiger charge is -2.36. The summed E-state index contributed by atoms with van der Waals surface area (Å²) in [7, 11) is 0. The molecule has 7 heteroatoms. The van der Waals surface area contributed by atoms with Crippen LogP contribution in [0.5, 0.6) is 0 Å². The minimum absolute atomic E-state index is 0.137. The van der Waals surface area contributed by atoms with Gasteiger partial charge in [-0.3, -0.25) is 14.5 Å². The van der Waals surface area contributed by atoms with Gasteiger partial charge in [0.05, 0.1) is 5.56 Å². The maximum atomic E-state index is 13.1. The summed E-state index contributed by atoms with van der Waals surface area (Å²) in [5.41, 5.74) is 0.483. The van der Waals surface area contributed by atoms with Crippen LogP contribution in [0.3, 0.4) is 0 Å². The first kappa shape index (κ1) is 16.2. The number of aliphatic carboxylic acids is 1. The lowest BCUT2D eigenvalue weighted by Crippen LogP contribution is -2.53. The zero-order chi connectivity index (χ0) is 15.6. The van der Waals surface area contributed by atoms with E-state index >= 15 is 0 Å². The molecule has 0 saturated carbocycles. The van der Waals surface area contributed by atoms with E-state index in [1.54, 1.807) is 11.8 Å². The van der Waals surface area contributed by atoms with Crippen molar-refractivity contribution in [3.05, 3.63) is 33.1 Å². The van der Waals surface area contributed by atoms with Crippen molar-refractivity contribution in [2.75, 3.05) is 26.2 Å². The van der Waals surface area contributed by atoms with Gasteiger partial charge in [-0.05, 0) is 47.7 Å². The van der Waals surface area contributed by atoms with Crippen molar-refractivity contribution >= 4 is 34.5 Å². The summed E-state index contributed by atoms with van der Waals surface area (Å²) in [5, 5.41) is 8.99. The van der Waals surface area contributed by atoms with Gasteiger partial charge < -0.3 is 10.0 Å². The van der Waals surface area contributed by atoms with Gasteiger partial charge in [-0.15, -0.1) is 0 Å². The van der Waals surface area contributed by atoms with Gasteiger partial charge in [0.15, 0.2) is 0 Å². The highest BCUT2D eigenvalue weighted by molar-refractivity contribution is 14.1. The van der Waals surface area contributed by atoms with E-state index in [0.717, 1.165) is 0 Å². The molecule has 1 atom stereocenters. The van der Waals surface area contributed by atoms with Crippen LogP contribution >= 0.6 is 22.6 Å². The van der Waals surface area contributed by atoms with Crippen molar-refractivity contribution in [3.8, 4) is 0 Å². The Labute approximate surface area is 135 Å². The first-order chi connectivity index (χ1) is 9.90. The molecule has 1 unspecified atom stereocenters. The number of rotatable bonds is 3. The maximum Gasteiger partial charge on any atom is 0.320 e. The number of carboxylic acid groups (broad SMARTS) is 1. The molecular weight excluding hydrogens is 390 g/mol. The highest BCUT2D eigenvalue weighted by Crippen LogP contribution is 2.17. The third-order valence-corrected chi connectivity index (χ3v) is 4.56. The van der Waals surface area contributed by atoms with Gasteiger partial charge in [-0.25, -0.2) is 4.39 Å². The number of hydrogen-bond acceptors (Lipinski definition) is 3. The van der Waals surface area contributed by atoms with Crippen molar-refractivity contribution < 1.29 is 19.1 Å². The fraction of sp³-hybridized carbons (Fsp3) is 0.429. The lowest BCUT2D eigenvalue weighted by atomic mass is 10.1. The topological polar surface area (TPSA) is 60.9 Å². The second kappa shape index (κ2) is 6.69. The van der Waals surface area contributed by atoms with Crippen molar-refractivity contribution in [3.63, 3.8) is 0 Å². The zero-order valence-electron chi connectivity index (χ0n) is 11.6. The second-order valence-electron chi connectivity index (χ2n) is 4.97. The van der Waals surface area contributed by atoms with Crippen LogP contribution in [-0.4, -0.2) is 59.0 Å². The number of hydrogen-bond donors (Lipinski definition) is 1. The molecule has 2 rings (SSSR count). The minimum atomic E-state index is -0.858. The molecule has 1 aliphatic rings. The quantitative estimate of drug-likeness (QED) is 0.776. The number of piperazine rings is 1. The molecule has 1 saturated heterocycles. The van der Waals surface area contributed by atoms with Crippen LogP contribution in [0.15, 0.2) is 18.2 Å². The predicted molar refractivity (Wildman–Crippen MR) is 83.7 cm³/mol. The molecular formula is C14H16FIN2O3. The van der Waals surface area contributed by atoms with Crippen molar-refractivity contribution in [2.45, 2.75) is 13.0 Å². The molecule has 1 N–H and O–H groups in total. The summed E-state index contributed by atoms with van der Waals surface area (Å²) in [6.45, 7) is 3.64. The first-order valence-corrected chi connectivity index (χ1v) is 7.69. The van der Waals surface area contributed by atoms with Crippen LogP contribution < -0.4 is 0 Å². The van der Waals surface area contributed by atoms with Crippen LogP contribution in [0.1, 0.15) is 17.3 Å². The fourth-order valence-electron chi connectivity index (χ4n) is 2.30.